The molecule has 0 spiro atoms. The molecule has 0 atom stereocenters. The van der Waals surface area contributed by atoms with Gasteiger partial charge in [-0.1, -0.05) is 43.6 Å². The summed E-state index contributed by atoms with van der Waals surface area (Å²) in [4.78, 5) is 4.18. The summed E-state index contributed by atoms with van der Waals surface area (Å²) in [6.07, 6.45) is 0.865. The zero-order valence-corrected chi connectivity index (χ0v) is 13.9. The lowest BCUT2D eigenvalue weighted by Crippen LogP contribution is -2.39. The van der Waals surface area contributed by atoms with E-state index in [-0.39, 0.29) is 0 Å². The van der Waals surface area contributed by atoms with E-state index in [1.54, 1.807) is 7.05 Å². The fourth-order valence-electron chi connectivity index (χ4n) is 1.80. The standard InChI is InChI=1S/C16H26ClN3O/c1-13(2)12-21-11-10-20-16(18-3)19-9-8-14-6-4-5-7-15(14)17/h4-7,13H,8-12H2,1-3H3,(H2,18,19,20). The van der Waals surface area contributed by atoms with Crippen molar-refractivity contribution in [2.75, 3.05) is 33.4 Å². The third-order valence-electron chi connectivity index (χ3n) is 2.86. The monoisotopic (exact) mass is 311 g/mol. The van der Waals surface area contributed by atoms with Crippen molar-refractivity contribution in [3.63, 3.8) is 0 Å². The lowest BCUT2D eigenvalue weighted by molar-refractivity contribution is 0.114. The largest absolute Gasteiger partial charge is 0.379 e. The first-order valence-corrected chi connectivity index (χ1v) is 7.77. The van der Waals surface area contributed by atoms with Crippen LogP contribution in [0.5, 0.6) is 0 Å². The quantitative estimate of drug-likeness (QED) is 0.441. The number of nitrogens with zero attached hydrogens (tertiary/aromatic N) is 1. The minimum absolute atomic E-state index is 0.568. The summed E-state index contributed by atoms with van der Waals surface area (Å²) < 4.78 is 5.52. The number of benzene rings is 1. The van der Waals surface area contributed by atoms with Crippen molar-refractivity contribution in [3.8, 4) is 0 Å². The van der Waals surface area contributed by atoms with Crippen molar-refractivity contribution in [1.82, 2.24) is 10.6 Å². The SMILES string of the molecule is CN=C(NCCOCC(C)C)NCCc1ccccc1Cl. The number of rotatable bonds is 8. The molecule has 0 aromatic heterocycles. The van der Waals surface area contributed by atoms with Gasteiger partial charge in [0.05, 0.1) is 6.61 Å². The Hall–Kier alpha value is -1.26. The van der Waals surface area contributed by atoms with Gasteiger partial charge in [-0.2, -0.15) is 0 Å². The van der Waals surface area contributed by atoms with Crippen LogP contribution in [0.1, 0.15) is 19.4 Å². The Balaban J connectivity index is 2.18. The van der Waals surface area contributed by atoms with Gasteiger partial charge in [-0.05, 0) is 24.0 Å². The van der Waals surface area contributed by atoms with Crippen LogP contribution in [0.4, 0.5) is 0 Å². The number of nitrogens with one attached hydrogen (secondary N) is 2. The fourth-order valence-corrected chi connectivity index (χ4v) is 2.03. The zero-order valence-electron chi connectivity index (χ0n) is 13.2. The Bertz CT molecular complexity index is 435. The molecule has 0 heterocycles. The smallest absolute Gasteiger partial charge is 0.191 e. The van der Waals surface area contributed by atoms with Crippen molar-refractivity contribution in [2.45, 2.75) is 20.3 Å². The summed E-state index contributed by atoms with van der Waals surface area (Å²) in [7, 11) is 1.76. The molecule has 118 valence electrons. The molecule has 0 amide bonds. The van der Waals surface area contributed by atoms with E-state index in [4.69, 9.17) is 16.3 Å². The minimum atomic E-state index is 0.568. The van der Waals surface area contributed by atoms with Crippen molar-refractivity contribution in [3.05, 3.63) is 34.9 Å². The predicted molar refractivity (Wildman–Crippen MR) is 90.2 cm³/mol. The van der Waals surface area contributed by atoms with Gasteiger partial charge >= 0.3 is 0 Å². The van der Waals surface area contributed by atoms with E-state index in [2.05, 4.69) is 29.5 Å². The van der Waals surface area contributed by atoms with Gasteiger partial charge in [0, 0.05) is 31.8 Å². The van der Waals surface area contributed by atoms with Gasteiger partial charge in [-0.15, -0.1) is 0 Å². The Morgan fingerprint density at radius 2 is 1.95 bits per heavy atom. The van der Waals surface area contributed by atoms with Gasteiger partial charge in [0.2, 0.25) is 0 Å². The number of aliphatic imine (C=N–C) groups is 1. The molecular formula is C16H26ClN3O. The molecule has 1 rings (SSSR count). The van der Waals surface area contributed by atoms with E-state index in [0.29, 0.717) is 12.5 Å². The van der Waals surface area contributed by atoms with E-state index in [1.807, 2.05) is 24.3 Å². The van der Waals surface area contributed by atoms with Gasteiger partial charge in [0.25, 0.3) is 0 Å². The summed E-state index contributed by atoms with van der Waals surface area (Å²) in [5.41, 5.74) is 1.14. The highest BCUT2D eigenvalue weighted by atomic mass is 35.5. The van der Waals surface area contributed by atoms with Gasteiger partial charge < -0.3 is 15.4 Å². The van der Waals surface area contributed by atoms with E-state index in [1.165, 1.54) is 0 Å². The maximum atomic E-state index is 6.13. The maximum absolute atomic E-state index is 6.13. The maximum Gasteiger partial charge on any atom is 0.191 e. The highest BCUT2D eigenvalue weighted by Gasteiger charge is 2.01. The first kappa shape index (κ1) is 17.8. The summed E-state index contributed by atoms with van der Waals surface area (Å²) >= 11 is 6.13. The molecule has 0 saturated carbocycles. The molecule has 2 N–H and O–H groups in total. The van der Waals surface area contributed by atoms with E-state index >= 15 is 0 Å². The van der Waals surface area contributed by atoms with Crippen LogP contribution in [-0.4, -0.2) is 39.3 Å². The lowest BCUT2D eigenvalue weighted by Gasteiger charge is -2.13. The number of hydrogen-bond acceptors (Lipinski definition) is 2. The van der Waals surface area contributed by atoms with Crippen LogP contribution in [0.15, 0.2) is 29.3 Å². The molecule has 5 heteroatoms. The Labute approximate surface area is 132 Å². The van der Waals surface area contributed by atoms with Gasteiger partial charge in [-0.25, -0.2) is 0 Å². The molecule has 1 aromatic rings. The summed E-state index contributed by atoms with van der Waals surface area (Å²) in [5, 5.41) is 7.30. The van der Waals surface area contributed by atoms with Crippen LogP contribution in [-0.2, 0) is 11.2 Å². The van der Waals surface area contributed by atoms with Crippen LogP contribution in [0.2, 0.25) is 5.02 Å². The third-order valence-corrected chi connectivity index (χ3v) is 3.23. The Kier molecular flexibility index (Phi) is 8.87. The fraction of sp³-hybridized carbons (Fsp3) is 0.562. The number of guanidine groups is 1. The topological polar surface area (TPSA) is 45.7 Å². The van der Waals surface area contributed by atoms with Gasteiger partial charge in [0.15, 0.2) is 5.96 Å². The second-order valence-electron chi connectivity index (χ2n) is 5.24. The molecular weight excluding hydrogens is 286 g/mol. The van der Waals surface area contributed by atoms with Gasteiger partial charge in [0.1, 0.15) is 0 Å². The van der Waals surface area contributed by atoms with Crippen LogP contribution in [0.3, 0.4) is 0 Å². The molecule has 4 nitrogen and oxygen atoms in total. The molecule has 0 unspecified atom stereocenters. The normalized spacial score (nSPS) is 11.8. The molecule has 0 fully saturated rings. The molecule has 0 aliphatic carbocycles. The molecule has 0 bridgehead atoms. The summed E-state index contributed by atoms with van der Waals surface area (Å²) in [6.45, 7) is 7.30. The van der Waals surface area contributed by atoms with Crippen LogP contribution < -0.4 is 10.6 Å². The molecule has 1 aromatic carbocycles. The van der Waals surface area contributed by atoms with Gasteiger partial charge in [-0.3, -0.25) is 4.99 Å². The van der Waals surface area contributed by atoms with Crippen molar-refractivity contribution in [1.29, 1.82) is 0 Å². The summed E-state index contributed by atoms with van der Waals surface area (Å²) in [5.74, 6) is 1.35. The first-order chi connectivity index (χ1) is 10.1. The minimum Gasteiger partial charge on any atom is -0.379 e. The second-order valence-corrected chi connectivity index (χ2v) is 5.64. The molecule has 0 radical (unpaired) electrons. The molecule has 21 heavy (non-hydrogen) atoms. The Morgan fingerprint density at radius 1 is 1.24 bits per heavy atom. The average molecular weight is 312 g/mol. The summed E-state index contributed by atoms with van der Waals surface area (Å²) in [6, 6.07) is 7.90. The van der Waals surface area contributed by atoms with E-state index < -0.39 is 0 Å². The zero-order chi connectivity index (χ0) is 15.5. The van der Waals surface area contributed by atoms with Crippen molar-refractivity contribution < 1.29 is 4.74 Å². The van der Waals surface area contributed by atoms with Crippen LogP contribution >= 0.6 is 11.6 Å². The first-order valence-electron chi connectivity index (χ1n) is 7.39. The lowest BCUT2D eigenvalue weighted by atomic mass is 10.1. The highest BCUT2D eigenvalue weighted by molar-refractivity contribution is 6.31. The predicted octanol–water partition coefficient (Wildman–Crippen LogP) is 2.72. The third kappa shape index (κ3) is 7.93. The highest BCUT2D eigenvalue weighted by Crippen LogP contribution is 2.14. The molecule has 0 saturated heterocycles. The van der Waals surface area contributed by atoms with E-state index in [9.17, 15) is 0 Å². The van der Waals surface area contributed by atoms with Crippen molar-refractivity contribution >= 4 is 17.6 Å². The number of ether oxygens (including phenoxy) is 1. The van der Waals surface area contributed by atoms with Crippen LogP contribution in [0, 0.1) is 5.92 Å². The molecule has 0 aliphatic heterocycles. The number of halogens is 1. The van der Waals surface area contributed by atoms with Crippen LogP contribution in [0.25, 0.3) is 0 Å². The molecule has 0 aliphatic rings. The second kappa shape index (κ2) is 10.5. The Morgan fingerprint density at radius 3 is 2.62 bits per heavy atom. The van der Waals surface area contributed by atoms with Crippen molar-refractivity contribution in [2.24, 2.45) is 10.9 Å². The average Bonchev–Trinajstić information content (AvgIpc) is 2.46. The number of hydrogen-bond donors (Lipinski definition) is 2. The van der Waals surface area contributed by atoms with E-state index in [0.717, 1.165) is 42.7 Å².